The van der Waals surface area contributed by atoms with E-state index in [1.54, 1.807) is 17.5 Å². The van der Waals surface area contributed by atoms with E-state index in [-0.39, 0.29) is 11.5 Å². The lowest BCUT2D eigenvalue weighted by atomic mass is 10.2. The van der Waals surface area contributed by atoms with Crippen LogP contribution in [0.5, 0.6) is 11.5 Å². The molecule has 2 aromatic heterocycles. The molecule has 2 aliphatic rings. The molecule has 4 heterocycles. The molecule has 0 saturated carbocycles. The third kappa shape index (κ3) is 9.11. The Morgan fingerprint density at radius 3 is 2.50 bits per heavy atom. The summed E-state index contributed by atoms with van der Waals surface area (Å²) in [7, 11) is 4.23. The van der Waals surface area contributed by atoms with E-state index in [1.165, 1.54) is 36.0 Å². The van der Waals surface area contributed by atoms with E-state index in [0.717, 1.165) is 58.8 Å². The standard InChI is InChI=1S/C29H37ClF2N8O3S/c1-38(2)9-4-11-40-14-12-39(13-15-40)10-3-8-33-28-36-21(18-25(30)37-28)19-34-22-7-16-44-26(22)27(41)35-20-5-6-23-24(17-20)43-29(31,32)42-23/h5-7,16-18,34H,3-4,8-15,19H2,1-2H3,(H,35,41)(H,33,36,37). The van der Waals surface area contributed by atoms with Crippen molar-refractivity contribution in [2.75, 3.05) is 82.4 Å². The number of thiophene rings is 1. The van der Waals surface area contributed by atoms with Crippen LogP contribution in [0.1, 0.15) is 28.2 Å². The number of nitrogens with zero attached hydrogens (tertiary/aromatic N) is 5. The number of ether oxygens (including phenoxy) is 2. The van der Waals surface area contributed by atoms with Gasteiger partial charge in [-0.2, -0.15) is 0 Å². The van der Waals surface area contributed by atoms with Crippen LogP contribution in [-0.4, -0.2) is 103 Å². The molecule has 5 rings (SSSR count). The number of hydrogen-bond acceptors (Lipinski definition) is 11. The normalized spacial score (nSPS) is 16.3. The van der Waals surface area contributed by atoms with Crippen LogP contribution in [0.2, 0.25) is 5.15 Å². The second kappa shape index (κ2) is 14.7. The van der Waals surface area contributed by atoms with Crippen molar-refractivity contribution in [2.24, 2.45) is 0 Å². The molecule has 238 valence electrons. The number of anilines is 3. The first kappa shape index (κ1) is 32.1. The quantitative estimate of drug-likeness (QED) is 0.167. The molecule has 0 aliphatic carbocycles. The van der Waals surface area contributed by atoms with Crippen molar-refractivity contribution in [1.82, 2.24) is 24.7 Å². The lowest BCUT2D eigenvalue weighted by molar-refractivity contribution is -0.286. The highest BCUT2D eigenvalue weighted by atomic mass is 35.5. The van der Waals surface area contributed by atoms with Gasteiger partial charge in [0.1, 0.15) is 10.0 Å². The molecule has 1 fully saturated rings. The average molecular weight is 651 g/mol. The summed E-state index contributed by atoms with van der Waals surface area (Å²) in [5, 5.41) is 11.3. The number of carbonyl (C=O) groups is 1. The number of nitrogens with one attached hydrogen (secondary N) is 3. The minimum Gasteiger partial charge on any atom is -0.395 e. The Bertz CT molecular complexity index is 1420. The van der Waals surface area contributed by atoms with Crippen LogP contribution in [-0.2, 0) is 6.54 Å². The van der Waals surface area contributed by atoms with Gasteiger partial charge in [-0.15, -0.1) is 20.1 Å². The predicted molar refractivity (Wildman–Crippen MR) is 168 cm³/mol. The minimum absolute atomic E-state index is 0.0935. The van der Waals surface area contributed by atoms with Crippen molar-refractivity contribution >= 4 is 46.2 Å². The van der Waals surface area contributed by atoms with Gasteiger partial charge in [0.15, 0.2) is 11.5 Å². The van der Waals surface area contributed by atoms with E-state index in [4.69, 9.17) is 11.6 Å². The number of benzene rings is 1. The summed E-state index contributed by atoms with van der Waals surface area (Å²) in [4.78, 5) is 29.5. The number of halogens is 3. The van der Waals surface area contributed by atoms with Crippen LogP contribution >= 0.6 is 22.9 Å². The summed E-state index contributed by atoms with van der Waals surface area (Å²) in [5.74, 6) is -0.186. The highest BCUT2D eigenvalue weighted by molar-refractivity contribution is 7.12. The number of aromatic nitrogens is 2. The molecule has 2 aliphatic heterocycles. The van der Waals surface area contributed by atoms with E-state index < -0.39 is 12.2 Å². The molecule has 3 aromatic rings. The Balaban J connectivity index is 1.06. The van der Waals surface area contributed by atoms with E-state index in [1.807, 2.05) is 0 Å². The highest BCUT2D eigenvalue weighted by Crippen LogP contribution is 2.42. The summed E-state index contributed by atoms with van der Waals surface area (Å²) < 4.78 is 35.5. The molecule has 1 saturated heterocycles. The van der Waals surface area contributed by atoms with Crippen molar-refractivity contribution in [3.8, 4) is 11.5 Å². The van der Waals surface area contributed by atoms with Crippen molar-refractivity contribution in [3.63, 3.8) is 0 Å². The first-order valence-corrected chi connectivity index (χ1v) is 15.8. The highest BCUT2D eigenvalue weighted by Gasteiger charge is 2.43. The fourth-order valence-corrected chi connectivity index (χ4v) is 5.98. The fraction of sp³-hybridized carbons (Fsp3) is 0.483. The lowest BCUT2D eigenvalue weighted by Crippen LogP contribution is -2.47. The fourth-order valence-electron chi connectivity index (χ4n) is 5.01. The van der Waals surface area contributed by atoms with Gasteiger partial charge in [-0.05, 0) is 76.2 Å². The monoisotopic (exact) mass is 650 g/mol. The molecule has 1 amide bonds. The zero-order valence-corrected chi connectivity index (χ0v) is 26.3. The predicted octanol–water partition coefficient (Wildman–Crippen LogP) is 4.75. The van der Waals surface area contributed by atoms with Crippen LogP contribution < -0.4 is 25.4 Å². The lowest BCUT2D eigenvalue weighted by Gasteiger charge is -2.34. The second-order valence-electron chi connectivity index (χ2n) is 10.9. The number of amides is 1. The van der Waals surface area contributed by atoms with Crippen LogP contribution in [0.4, 0.5) is 26.1 Å². The molecular weight excluding hydrogens is 614 g/mol. The van der Waals surface area contributed by atoms with Crippen LogP contribution in [0.25, 0.3) is 0 Å². The maximum atomic E-state index is 13.3. The summed E-state index contributed by atoms with van der Waals surface area (Å²) in [6, 6.07) is 7.53. The van der Waals surface area contributed by atoms with Gasteiger partial charge in [0.2, 0.25) is 5.95 Å². The number of carbonyl (C=O) groups excluding carboxylic acids is 1. The molecule has 3 N–H and O–H groups in total. The van der Waals surface area contributed by atoms with Gasteiger partial charge in [0.05, 0.1) is 17.9 Å². The Morgan fingerprint density at radius 2 is 1.75 bits per heavy atom. The van der Waals surface area contributed by atoms with Gasteiger partial charge in [0, 0.05) is 44.5 Å². The molecule has 0 bridgehead atoms. The number of hydrogen-bond donors (Lipinski definition) is 3. The first-order valence-electron chi connectivity index (χ1n) is 14.5. The Labute approximate surface area is 264 Å². The minimum atomic E-state index is -3.73. The Morgan fingerprint density at radius 1 is 1.02 bits per heavy atom. The molecule has 0 spiro atoms. The van der Waals surface area contributed by atoms with Crippen molar-refractivity contribution in [2.45, 2.75) is 25.7 Å². The smallest absolute Gasteiger partial charge is 0.395 e. The zero-order chi connectivity index (χ0) is 31.1. The van der Waals surface area contributed by atoms with Gasteiger partial charge in [-0.3, -0.25) is 4.79 Å². The van der Waals surface area contributed by atoms with Crippen LogP contribution in [0.3, 0.4) is 0 Å². The van der Waals surface area contributed by atoms with E-state index in [2.05, 4.69) is 64.2 Å². The van der Waals surface area contributed by atoms with Gasteiger partial charge < -0.3 is 40.1 Å². The van der Waals surface area contributed by atoms with Crippen molar-refractivity contribution in [1.29, 1.82) is 0 Å². The number of alkyl halides is 2. The number of rotatable bonds is 14. The van der Waals surface area contributed by atoms with Crippen LogP contribution in [0.15, 0.2) is 35.7 Å². The van der Waals surface area contributed by atoms with E-state index in [9.17, 15) is 13.6 Å². The molecule has 11 nitrogen and oxygen atoms in total. The zero-order valence-electron chi connectivity index (χ0n) is 24.7. The SMILES string of the molecule is CN(C)CCCN1CCN(CCCNc2nc(Cl)cc(CNc3ccsc3C(=O)Nc3ccc4c(c3)OC(F)(F)O4)n2)CC1. The molecular formula is C29H37ClF2N8O3S. The summed E-state index contributed by atoms with van der Waals surface area (Å²) in [5.41, 5.74) is 1.56. The molecule has 1 aromatic carbocycles. The maximum Gasteiger partial charge on any atom is 0.586 e. The summed E-state index contributed by atoms with van der Waals surface area (Å²) >= 11 is 7.52. The molecule has 0 unspecified atom stereocenters. The van der Waals surface area contributed by atoms with Crippen LogP contribution in [0, 0.1) is 0 Å². The molecule has 0 atom stereocenters. The van der Waals surface area contributed by atoms with E-state index >= 15 is 0 Å². The van der Waals surface area contributed by atoms with Gasteiger partial charge in [-0.1, -0.05) is 11.6 Å². The largest absolute Gasteiger partial charge is 0.586 e. The topological polar surface area (TPSA) is 107 Å². The molecule has 15 heteroatoms. The van der Waals surface area contributed by atoms with Gasteiger partial charge in [-0.25, -0.2) is 9.97 Å². The van der Waals surface area contributed by atoms with E-state index in [0.29, 0.717) is 39.6 Å². The summed E-state index contributed by atoms with van der Waals surface area (Å²) in [6.07, 6.45) is -1.56. The second-order valence-corrected chi connectivity index (χ2v) is 12.2. The third-order valence-electron chi connectivity index (χ3n) is 7.22. The maximum absolute atomic E-state index is 13.3. The van der Waals surface area contributed by atoms with Crippen molar-refractivity contribution in [3.05, 3.63) is 51.4 Å². The molecule has 44 heavy (non-hydrogen) atoms. The Kier molecular flexibility index (Phi) is 10.7. The summed E-state index contributed by atoms with van der Waals surface area (Å²) in [6.45, 7) is 8.73. The Hall–Kier alpha value is -3.30. The average Bonchev–Trinajstić information content (AvgIpc) is 3.57. The van der Waals surface area contributed by atoms with Gasteiger partial charge >= 0.3 is 6.29 Å². The number of fused-ring (bicyclic) bond motifs is 1. The van der Waals surface area contributed by atoms with Gasteiger partial charge in [0.25, 0.3) is 5.91 Å². The first-order chi connectivity index (χ1) is 21.1. The van der Waals surface area contributed by atoms with Crippen molar-refractivity contribution < 1.29 is 23.0 Å². The molecule has 0 radical (unpaired) electrons. The third-order valence-corrected chi connectivity index (χ3v) is 8.32. The number of piperazine rings is 1.